The molecule has 5 rings (SSSR count). The molecule has 2 N–H and O–H groups in total. The minimum absolute atomic E-state index is 0.254. The van der Waals surface area contributed by atoms with Crippen LogP contribution in [0.3, 0.4) is 0 Å². The Bertz CT molecular complexity index is 1280. The van der Waals surface area contributed by atoms with Crippen molar-refractivity contribution in [2.24, 2.45) is 5.92 Å². The molecule has 34 heavy (non-hydrogen) atoms. The fraction of sp³-hybridized carbons (Fsp3) is 0.214. The molecule has 0 radical (unpaired) electrons. The molecule has 2 heterocycles. The molecular weight excluding hydrogens is 428 g/mol. The number of imide groups is 1. The number of carbonyl (C=O) groups is 2. The molecule has 6 heteroatoms. The number of furan rings is 1. The van der Waals surface area contributed by atoms with E-state index in [-0.39, 0.29) is 18.4 Å². The highest BCUT2D eigenvalue weighted by atomic mass is 16.4. The molecule has 0 bridgehead atoms. The lowest BCUT2D eigenvalue weighted by Crippen LogP contribution is -2.48. The van der Waals surface area contributed by atoms with Crippen molar-refractivity contribution >= 4 is 17.5 Å². The predicted octanol–water partition coefficient (Wildman–Crippen LogP) is 4.63. The summed E-state index contributed by atoms with van der Waals surface area (Å²) < 4.78 is 5.97. The first-order chi connectivity index (χ1) is 16.5. The van der Waals surface area contributed by atoms with Gasteiger partial charge in [-0.05, 0) is 48.7 Å². The summed E-state index contributed by atoms with van der Waals surface area (Å²) in [6.45, 7) is 5.70. The van der Waals surface area contributed by atoms with Crippen LogP contribution < -0.4 is 5.43 Å². The Balaban J connectivity index is 1.70. The van der Waals surface area contributed by atoms with Crippen LogP contribution in [0.2, 0.25) is 0 Å². The smallest absolute Gasteiger partial charge is 0.260 e. The van der Waals surface area contributed by atoms with Crippen molar-refractivity contribution in [2.45, 2.75) is 31.3 Å². The van der Waals surface area contributed by atoms with E-state index >= 15 is 0 Å². The minimum atomic E-state index is -1.22. The number of allylic oxidation sites excluding steroid dienone is 3. The van der Waals surface area contributed by atoms with Crippen molar-refractivity contribution < 1.29 is 19.1 Å². The number of aliphatic hydroxyl groups excluding tert-OH is 1. The number of hydrogen-bond acceptors (Lipinski definition) is 5. The van der Waals surface area contributed by atoms with Crippen LogP contribution in [-0.4, -0.2) is 21.9 Å². The molecule has 1 aliphatic heterocycles. The molecule has 2 aromatic carbocycles. The van der Waals surface area contributed by atoms with E-state index in [2.05, 4.69) is 12.0 Å². The molecule has 0 saturated carbocycles. The molecule has 2 amide bonds. The fourth-order valence-electron chi connectivity index (χ4n) is 5.32. The summed E-state index contributed by atoms with van der Waals surface area (Å²) in [6, 6.07) is 20.4. The van der Waals surface area contributed by atoms with E-state index in [4.69, 9.17) is 4.42 Å². The zero-order valence-electron chi connectivity index (χ0n) is 18.9. The zero-order chi connectivity index (χ0) is 23.9. The highest BCUT2D eigenvalue weighted by Gasteiger charge is 2.66. The van der Waals surface area contributed by atoms with Crippen LogP contribution in [0.25, 0.3) is 0 Å². The fourth-order valence-corrected chi connectivity index (χ4v) is 5.32. The van der Waals surface area contributed by atoms with E-state index in [0.717, 1.165) is 21.7 Å². The van der Waals surface area contributed by atoms with Crippen LogP contribution in [0.15, 0.2) is 95.5 Å². The number of fused-ring (bicyclic) bond motifs is 1. The second kappa shape index (κ2) is 8.47. The molecule has 3 aromatic rings. The van der Waals surface area contributed by atoms with E-state index in [1.165, 1.54) is 0 Å². The molecule has 0 spiro atoms. The molecule has 2 aliphatic rings. The van der Waals surface area contributed by atoms with Gasteiger partial charge in [-0.25, -0.2) is 0 Å². The van der Waals surface area contributed by atoms with Gasteiger partial charge < -0.3 is 9.52 Å². The average Bonchev–Trinajstić information content (AvgIpc) is 3.43. The van der Waals surface area contributed by atoms with E-state index in [1.807, 2.05) is 67.6 Å². The maximum atomic E-state index is 14.4. The number of hydrogen-bond donors (Lipinski definition) is 2. The van der Waals surface area contributed by atoms with Crippen molar-refractivity contribution in [1.82, 2.24) is 5.01 Å². The largest absolute Gasteiger partial charge is 0.463 e. The van der Waals surface area contributed by atoms with Crippen LogP contribution in [0.5, 0.6) is 0 Å². The summed E-state index contributed by atoms with van der Waals surface area (Å²) >= 11 is 0. The van der Waals surface area contributed by atoms with Crippen LogP contribution >= 0.6 is 0 Å². The van der Waals surface area contributed by atoms with Gasteiger partial charge in [-0.3, -0.25) is 15.0 Å². The van der Waals surface area contributed by atoms with Crippen LogP contribution in [0.4, 0.5) is 5.69 Å². The molecule has 172 valence electrons. The third-order valence-electron chi connectivity index (χ3n) is 6.91. The Morgan fingerprint density at radius 3 is 2.50 bits per heavy atom. The highest BCUT2D eigenvalue weighted by Crippen LogP contribution is 2.57. The van der Waals surface area contributed by atoms with Gasteiger partial charge in [-0.1, -0.05) is 66.8 Å². The number of nitrogens with zero attached hydrogens (tertiary/aromatic N) is 1. The van der Waals surface area contributed by atoms with Gasteiger partial charge in [0.1, 0.15) is 23.5 Å². The summed E-state index contributed by atoms with van der Waals surface area (Å²) in [5, 5.41) is 10.8. The van der Waals surface area contributed by atoms with Crippen molar-refractivity contribution in [2.75, 3.05) is 5.43 Å². The van der Waals surface area contributed by atoms with Crippen molar-refractivity contribution in [1.29, 1.82) is 0 Å². The van der Waals surface area contributed by atoms with Crippen molar-refractivity contribution in [3.63, 3.8) is 0 Å². The summed E-state index contributed by atoms with van der Waals surface area (Å²) in [5.74, 6) is -0.914. The van der Waals surface area contributed by atoms with E-state index in [9.17, 15) is 14.7 Å². The van der Waals surface area contributed by atoms with Gasteiger partial charge in [-0.2, -0.15) is 5.01 Å². The lowest BCUT2D eigenvalue weighted by Gasteiger charge is -2.41. The SMILES string of the molecule is C=CC1=CCC2C(=O)N(Nc3ccc(C)cc3)C(=O)C2(c2ccccc2)C1c1ccc(CO)o1. The maximum Gasteiger partial charge on any atom is 0.260 e. The number of carbonyl (C=O) groups excluding carboxylic acids is 2. The Kier molecular flexibility index (Phi) is 5.46. The summed E-state index contributed by atoms with van der Waals surface area (Å²) in [5.41, 5.74) is 5.13. The summed E-state index contributed by atoms with van der Waals surface area (Å²) in [7, 11) is 0. The molecular formula is C28H26N2O4. The summed E-state index contributed by atoms with van der Waals surface area (Å²) in [6.07, 6.45) is 4.09. The second-order valence-electron chi connectivity index (χ2n) is 8.78. The quantitative estimate of drug-likeness (QED) is 0.531. The molecule has 1 aromatic heterocycles. The molecule has 1 saturated heterocycles. The third-order valence-corrected chi connectivity index (χ3v) is 6.91. The second-order valence-corrected chi connectivity index (χ2v) is 8.78. The normalized spacial score (nSPS) is 24.1. The van der Waals surface area contributed by atoms with Gasteiger partial charge in [-0.15, -0.1) is 0 Å². The Morgan fingerprint density at radius 1 is 1.12 bits per heavy atom. The molecule has 6 nitrogen and oxygen atoms in total. The lowest BCUT2D eigenvalue weighted by molar-refractivity contribution is -0.138. The average molecular weight is 455 g/mol. The number of hydrazine groups is 1. The van der Waals surface area contributed by atoms with Gasteiger partial charge in [0, 0.05) is 0 Å². The zero-order valence-corrected chi connectivity index (χ0v) is 18.9. The number of anilines is 1. The number of rotatable bonds is 6. The van der Waals surface area contributed by atoms with Gasteiger partial charge >= 0.3 is 0 Å². The third kappa shape index (κ3) is 3.22. The number of amides is 2. The van der Waals surface area contributed by atoms with E-state index in [0.29, 0.717) is 23.6 Å². The topological polar surface area (TPSA) is 82.8 Å². The monoisotopic (exact) mass is 454 g/mol. The van der Waals surface area contributed by atoms with Gasteiger partial charge in [0.05, 0.1) is 17.5 Å². The first-order valence-corrected chi connectivity index (χ1v) is 11.3. The molecule has 1 aliphatic carbocycles. The highest BCUT2D eigenvalue weighted by molar-refractivity contribution is 6.12. The minimum Gasteiger partial charge on any atom is -0.463 e. The number of nitrogens with one attached hydrogen (secondary N) is 1. The van der Waals surface area contributed by atoms with Crippen LogP contribution in [-0.2, 0) is 21.6 Å². The first kappa shape index (κ1) is 21.9. The molecule has 3 unspecified atom stereocenters. The maximum absolute atomic E-state index is 14.4. The van der Waals surface area contributed by atoms with E-state index in [1.54, 1.807) is 18.2 Å². The Morgan fingerprint density at radius 2 is 1.85 bits per heavy atom. The standard InChI is InChI=1S/C28H26N2O4/c1-3-19-11-15-23-26(32)30(29-21-12-9-18(2)10-13-21)27(33)28(23,20-7-5-4-6-8-20)25(19)24-16-14-22(17-31)34-24/h3-14,16,23,25,29,31H,1,15,17H2,2H3. The van der Waals surface area contributed by atoms with Gasteiger partial charge in [0.2, 0.25) is 0 Å². The van der Waals surface area contributed by atoms with Gasteiger partial charge in [0.25, 0.3) is 11.8 Å². The first-order valence-electron chi connectivity index (χ1n) is 11.3. The Hall–Kier alpha value is -3.90. The summed E-state index contributed by atoms with van der Waals surface area (Å²) in [4.78, 5) is 28.1. The van der Waals surface area contributed by atoms with Gasteiger partial charge in [0.15, 0.2) is 0 Å². The number of aryl methyl sites for hydroxylation is 1. The van der Waals surface area contributed by atoms with Crippen molar-refractivity contribution in [3.8, 4) is 0 Å². The number of benzene rings is 2. The number of aliphatic hydroxyl groups is 1. The lowest BCUT2D eigenvalue weighted by atomic mass is 9.57. The Labute approximate surface area is 198 Å². The molecule has 1 fully saturated rings. The van der Waals surface area contributed by atoms with Crippen molar-refractivity contribution in [3.05, 3.63) is 114 Å². The molecule has 3 atom stereocenters. The van der Waals surface area contributed by atoms with E-state index < -0.39 is 17.3 Å². The van der Waals surface area contributed by atoms with Crippen LogP contribution in [0, 0.1) is 12.8 Å². The van der Waals surface area contributed by atoms with Crippen LogP contribution in [0.1, 0.15) is 35.0 Å². The predicted molar refractivity (Wildman–Crippen MR) is 129 cm³/mol.